The largest absolute Gasteiger partial charge is 0.325 e. The molecule has 0 radical (unpaired) electrons. The molecule has 8 heteroatoms. The fourth-order valence-corrected chi connectivity index (χ4v) is 4.50. The number of benzene rings is 2. The number of nitrogens with one attached hydrogen (secondary N) is 2. The van der Waals surface area contributed by atoms with Crippen LogP contribution in [0.25, 0.3) is 0 Å². The summed E-state index contributed by atoms with van der Waals surface area (Å²) in [6, 6.07) is 11.0. The van der Waals surface area contributed by atoms with E-state index >= 15 is 0 Å². The van der Waals surface area contributed by atoms with Crippen molar-refractivity contribution in [2.24, 2.45) is 0 Å². The first-order valence-electron chi connectivity index (χ1n) is 9.30. The summed E-state index contributed by atoms with van der Waals surface area (Å²) in [5.41, 5.74) is 1.77. The maximum atomic E-state index is 12.6. The van der Waals surface area contributed by atoms with Gasteiger partial charge >= 0.3 is 6.03 Å². The van der Waals surface area contributed by atoms with Gasteiger partial charge in [-0.15, -0.1) is 0 Å². The van der Waals surface area contributed by atoms with Gasteiger partial charge in [0.2, 0.25) is 0 Å². The number of anilines is 2. The van der Waals surface area contributed by atoms with Crippen LogP contribution >= 0.6 is 11.6 Å². The normalized spacial score (nSPS) is 15.0. The van der Waals surface area contributed by atoms with E-state index in [1.165, 1.54) is 12.1 Å². The molecule has 0 aliphatic carbocycles. The molecule has 1 heterocycles. The van der Waals surface area contributed by atoms with Crippen molar-refractivity contribution >= 4 is 39.0 Å². The van der Waals surface area contributed by atoms with Gasteiger partial charge in [-0.1, -0.05) is 24.4 Å². The number of halogens is 1. The maximum Gasteiger partial charge on any atom is 0.321 e. The minimum atomic E-state index is -3.74. The van der Waals surface area contributed by atoms with Crippen molar-refractivity contribution in [3.63, 3.8) is 0 Å². The Kier molecular flexibility index (Phi) is 6.46. The molecule has 2 aromatic rings. The SMILES string of the molecule is Cc1cc(Cl)ccc1NS(=O)(=O)c1ccc(NC(=O)N2CCCCCC2)cc1. The maximum absolute atomic E-state index is 12.6. The fourth-order valence-electron chi connectivity index (χ4n) is 3.14. The number of rotatable bonds is 4. The van der Waals surface area contributed by atoms with E-state index in [1.54, 1.807) is 37.3 Å². The predicted molar refractivity (Wildman–Crippen MR) is 112 cm³/mol. The smallest absolute Gasteiger partial charge is 0.321 e. The van der Waals surface area contributed by atoms with E-state index in [9.17, 15) is 13.2 Å². The zero-order valence-electron chi connectivity index (χ0n) is 15.7. The van der Waals surface area contributed by atoms with Gasteiger partial charge in [-0.3, -0.25) is 4.72 Å². The Morgan fingerprint density at radius 2 is 1.64 bits per heavy atom. The molecule has 0 atom stereocenters. The summed E-state index contributed by atoms with van der Waals surface area (Å²) in [6.07, 6.45) is 4.33. The minimum absolute atomic E-state index is 0.120. The van der Waals surface area contributed by atoms with Crippen LogP contribution in [0.3, 0.4) is 0 Å². The third-order valence-electron chi connectivity index (χ3n) is 4.74. The Bertz CT molecular complexity index is 938. The molecule has 0 saturated carbocycles. The number of carbonyl (C=O) groups is 1. The Balaban J connectivity index is 1.68. The highest BCUT2D eigenvalue weighted by atomic mass is 35.5. The lowest BCUT2D eigenvalue weighted by molar-refractivity contribution is 0.214. The Hall–Kier alpha value is -2.25. The first-order chi connectivity index (χ1) is 13.3. The molecule has 1 fully saturated rings. The summed E-state index contributed by atoms with van der Waals surface area (Å²) in [7, 11) is -3.74. The summed E-state index contributed by atoms with van der Waals surface area (Å²) in [6.45, 7) is 3.29. The van der Waals surface area contributed by atoms with Gasteiger partial charge in [0.05, 0.1) is 10.6 Å². The fraction of sp³-hybridized carbons (Fsp3) is 0.350. The molecule has 1 saturated heterocycles. The first kappa shape index (κ1) is 20.5. The second kappa shape index (κ2) is 8.84. The van der Waals surface area contributed by atoms with Crippen molar-refractivity contribution in [2.45, 2.75) is 37.5 Å². The van der Waals surface area contributed by atoms with Gasteiger partial charge in [0.25, 0.3) is 10.0 Å². The molecule has 2 N–H and O–H groups in total. The number of sulfonamides is 1. The predicted octanol–water partition coefficient (Wildman–Crippen LogP) is 4.86. The summed E-state index contributed by atoms with van der Waals surface area (Å²) < 4.78 is 27.8. The van der Waals surface area contributed by atoms with Crippen molar-refractivity contribution in [1.29, 1.82) is 0 Å². The molecule has 28 heavy (non-hydrogen) atoms. The first-order valence-corrected chi connectivity index (χ1v) is 11.2. The molecule has 2 aromatic carbocycles. The van der Waals surface area contributed by atoms with E-state index in [2.05, 4.69) is 10.0 Å². The summed E-state index contributed by atoms with van der Waals surface area (Å²) in [5, 5.41) is 3.39. The van der Waals surface area contributed by atoms with Gasteiger partial charge < -0.3 is 10.2 Å². The van der Waals surface area contributed by atoms with Gasteiger partial charge in [0, 0.05) is 23.8 Å². The molecule has 0 bridgehead atoms. The zero-order valence-corrected chi connectivity index (χ0v) is 17.3. The number of urea groups is 1. The molecule has 3 rings (SSSR count). The van der Waals surface area contributed by atoms with Gasteiger partial charge in [0.1, 0.15) is 0 Å². The molecule has 1 aliphatic heterocycles. The van der Waals surface area contributed by atoms with Crippen LogP contribution < -0.4 is 10.0 Å². The van der Waals surface area contributed by atoms with Gasteiger partial charge in [-0.2, -0.15) is 0 Å². The number of carbonyl (C=O) groups excluding carboxylic acids is 1. The second-order valence-corrected chi connectivity index (χ2v) is 9.04. The topological polar surface area (TPSA) is 78.5 Å². The third kappa shape index (κ3) is 5.17. The molecule has 0 unspecified atom stereocenters. The number of hydrogen-bond donors (Lipinski definition) is 2. The average Bonchev–Trinajstić information content (AvgIpc) is 2.94. The number of amides is 2. The van der Waals surface area contributed by atoms with Gasteiger partial charge in [-0.05, 0) is 67.8 Å². The molecule has 150 valence electrons. The van der Waals surface area contributed by atoms with E-state index in [0.717, 1.165) is 44.3 Å². The van der Waals surface area contributed by atoms with Crippen LogP contribution in [0.5, 0.6) is 0 Å². The van der Waals surface area contributed by atoms with Crippen molar-refractivity contribution in [3.05, 3.63) is 53.1 Å². The van der Waals surface area contributed by atoms with Crippen LogP contribution in [0.15, 0.2) is 47.4 Å². The number of aryl methyl sites for hydroxylation is 1. The van der Waals surface area contributed by atoms with E-state index in [-0.39, 0.29) is 10.9 Å². The van der Waals surface area contributed by atoms with E-state index in [4.69, 9.17) is 11.6 Å². The average molecular weight is 422 g/mol. The van der Waals surface area contributed by atoms with Crippen LogP contribution in [-0.4, -0.2) is 32.4 Å². The highest BCUT2D eigenvalue weighted by Crippen LogP contribution is 2.23. The summed E-state index contributed by atoms with van der Waals surface area (Å²) >= 11 is 5.91. The molecule has 6 nitrogen and oxygen atoms in total. The molecular formula is C20H24ClN3O3S. The van der Waals surface area contributed by atoms with Gasteiger partial charge in [0.15, 0.2) is 0 Å². The lowest BCUT2D eigenvalue weighted by Gasteiger charge is -2.20. The van der Waals surface area contributed by atoms with E-state index in [1.807, 2.05) is 4.90 Å². The number of likely N-dealkylation sites (tertiary alicyclic amines) is 1. The molecule has 1 aliphatic rings. The Labute approximate surface area is 170 Å². The summed E-state index contributed by atoms with van der Waals surface area (Å²) in [4.78, 5) is 14.3. The highest BCUT2D eigenvalue weighted by molar-refractivity contribution is 7.92. The van der Waals surface area contributed by atoms with Crippen LogP contribution in [0.1, 0.15) is 31.2 Å². The third-order valence-corrected chi connectivity index (χ3v) is 6.36. The monoisotopic (exact) mass is 421 g/mol. The Morgan fingerprint density at radius 1 is 1.00 bits per heavy atom. The molecule has 0 aromatic heterocycles. The molecule has 0 spiro atoms. The van der Waals surface area contributed by atoms with Crippen LogP contribution in [0, 0.1) is 6.92 Å². The second-order valence-electron chi connectivity index (χ2n) is 6.92. The zero-order chi connectivity index (χ0) is 20.1. The minimum Gasteiger partial charge on any atom is -0.325 e. The highest BCUT2D eigenvalue weighted by Gasteiger charge is 2.17. The van der Waals surface area contributed by atoms with Crippen LogP contribution in [0.4, 0.5) is 16.2 Å². The van der Waals surface area contributed by atoms with E-state index in [0.29, 0.717) is 16.4 Å². The van der Waals surface area contributed by atoms with Crippen molar-refractivity contribution in [3.8, 4) is 0 Å². The lowest BCUT2D eigenvalue weighted by atomic mass is 10.2. The van der Waals surface area contributed by atoms with Crippen molar-refractivity contribution < 1.29 is 13.2 Å². The Morgan fingerprint density at radius 3 is 2.25 bits per heavy atom. The van der Waals surface area contributed by atoms with Gasteiger partial charge in [-0.25, -0.2) is 13.2 Å². The van der Waals surface area contributed by atoms with Crippen molar-refractivity contribution in [1.82, 2.24) is 4.90 Å². The number of hydrogen-bond acceptors (Lipinski definition) is 3. The quantitative estimate of drug-likeness (QED) is 0.740. The lowest BCUT2D eigenvalue weighted by Crippen LogP contribution is -2.35. The molecule has 2 amide bonds. The summed E-state index contributed by atoms with van der Waals surface area (Å²) in [5.74, 6) is 0. The van der Waals surface area contributed by atoms with Crippen LogP contribution in [0.2, 0.25) is 5.02 Å². The van der Waals surface area contributed by atoms with Crippen molar-refractivity contribution in [2.75, 3.05) is 23.1 Å². The number of nitrogens with zero attached hydrogens (tertiary/aromatic N) is 1. The standard InChI is InChI=1S/C20H24ClN3O3S/c1-15-14-16(21)6-11-19(15)23-28(26,27)18-9-7-17(8-10-18)22-20(25)24-12-4-2-3-5-13-24/h6-11,14,23H,2-5,12-13H2,1H3,(H,22,25). The van der Waals surface area contributed by atoms with E-state index < -0.39 is 10.0 Å². The van der Waals surface area contributed by atoms with Crippen LogP contribution in [-0.2, 0) is 10.0 Å². The molecular weight excluding hydrogens is 398 g/mol.